The molecule has 6 aliphatic heterocycles. The Hall–Kier alpha value is -1.55. The van der Waals surface area contributed by atoms with Gasteiger partial charge in [-0.1, -0.05) is 6.92 Å². The molecule has 6 heterocycles. The van der Waals surface area contributed by atoms with Crippen LogP contribution in [0.5, 0.6) is 0 Å². The van der Waals surface area contributed by atoms with E-state index in [-0.39, 0.29) is 43.0 Å². The summed E-state index contributed by atoms with van der Waals surface area (Å²) in [5.74, 6) is 0.0277. The lowest BCUT2D eigenvalue weighted by molar-refractivity contribution is -0.206. The second-order valence-electron chi connectivity index (χ2n) is 9.95. The molecule has 0 saturated carbocycles. The third-order valence-corrected chi connectivity index (χ3v) is 8.68. The maximum atomic E-state index is 13.9. The van der Waals surface area contributed by atoms with E-state index in [1.54, 1.807) is 14.2 Å². The van der Waals surface area contributed by atoms with Crippen LogP contribution in [-0.4, -0.2) is 97.8 Å². The van der Waals surface area contributed by atoms with Crippen molar-refractivity contribution < 1.29 is 28.6 Å². The van der Waals surface area contributed by atoms with E-state index < -0.39 is 22.8 Å². The normalized spacial score (nSPS) is 40.3. The molecule has 9 nitrogen and oxygen atoms in total. The molecule has 1 amide bonds. The Morgan fingerprint density at radius 2 is 1.50 bits per heavy atom. The molecular formula is C23H37N3O6. The zero-order valence-corrected chi connectivity index (χ0v) is 19.6. The maximum Gasteiger partial charge on any atom is 0.405 e. The van der Waals surface area contributed by atoms with Crippen LogP contribution in [-0.2, 0) is 23.8 Å². The highest BCUT2D eigenvalue weighted by atomic mass is 16.6. The zero-order valence-electron chi connectivity index (χ0n) is 19.6. The predicted octanol–water partition coefficient (Wildman–Crippen LogP) is 0.980. The number of hydrogen-bond donors (Lipinski definition) is 1. The number of carbonyl (C=O) groups is 3. The summed E-state index contributed by atoms with van der Waals surface area (Å²) >= 11 is 0. The van der Waals surface area contributed by atoms with Crippen LogP contribution in [0, 0.1) is 11.8 Å². The highest BCUT2D eigenvalue weighted by molar-refractivity contribution is 5.96. The van der Waals surface area contributed by atoms with Gasteiger partial charge in [0, 0.05) is 45.6 Å². The molecule has 3 unspecified atom stereocenters. The molecule has 6 fully saturated rings. The molecule has 0 aromatic rings. The van der Waals surface area contributed by atoms with Crippen LogP contribution in [0.3, 0.4) is 0 Å². The Kier molecular flexibility index (Phi) is 6.39. The van der Waals surface area contributed by atoms with Crippen molar-refractivity contribution >= 4 is 17.7 Å². The summed E-state index contributed by atoms with van der Waals surface area (Å²) in [6, 6.07) is 0. The van der Waals surface area contributed by atoms with Crippen molar-refractivity contribution in [1.29, 1.82) is 0 Å². The number of ether oxygens (including phenoxy) is 3. The molecule has 4 bridgehead atoms. The Balaban J connectivity index is 1.87. The topological polar surface area (TPSA) is 111 Å². The lowest BCUT2D eigenvalue weighted by Gasteiger charge is -2.62. The molecule has 6 aliphatic rings. The maximum absolute atomic E-state index is 13.9. The zero-order chi connectivity index (χ0) is 23.1. The van der Waals surface area contributed by atoms with Crippen LogP contribution in [0.15, 0.2) is 0 Å². The Bertz CT molecular complexity index is 761. The number of nitrogens with zero attached hydrogens (tertiary/aromatic N) is 2. The number of hydrogen-bond acceptors (Lipinski definition) is 8. The highest BCUT2D eigenvalue weighted by Crippen LogP contribution is 2.51. The van der Waals surface area contributed by atoms with E-state index in [1.165, 1.54) is 0 Å². The lowest BCUT2D eigenvalue weighted by atomic mass is 9.58. The number of ketones is 2. The van der Waals surface area contributed by atoms with E-state index in [4.69, 9.17) is 19.9 Å². The summed E-state index contributed by atoms with van der Waals surface area (Å²) in [4.78, 5) is 44.3. The molecule has 6 rings (SSSR count). The van der Waals surface area contributed by atoms with E-state index in [0.717, 1.165) is 51.9 Å². The van der Waals surface area contributed by atoms with Crippen molar-refractivity contribution in [2.75, 3.05) is 53.6 Å². The average Bonchev–Trinajstić information content (AvgIpc) is 2.79. The molecule has 0 radical (unpaired) electrons. The number of nitrogens with two attached hydrogens (primary N) is 1. The van der Waals surface area contributed by atoms with Crippen LogP contribution in [0.2, 0.25) is 0 Å². The number of Topliss-reactive ketones (excluding diaryl/α,β-unsaturated/α-hetero) is 2. The predicted molar refractivity (Wildman–Crippen MR) is 116 cm³/mol. The van der Waals surface area contributed by atoms with Crippen molar-refractivity contribution in [3.63, 3.8) is 0 Å². The first-order chi connectivity index (χ1) is 15.3. The fourth-order valence-corrected chi connectivity index (χ4v) is 7.21. The molecule has 32 heavy (non-hydrogen) atoms. The largest absolute Gasteiger partial charge is 0.440 e. The van der Waals surface area contributed by atoms with Crippen LogP contribution in [0.4, 0.5) is 4.79 Å². The number of rotatable bonds is 9. The second kappa shape index (κ2) is 8.66. The summed E-state index contributed by atoms with van der Waals surface area (Å²) in [6.45, 7) is 5.19. The molecule has 2 N–H and O–H groups in total. The average molecular weight is 452 g/mol. The van der Waals surface area contributed by atoms with Gasteiger partial charge in [0.1, 0.15) is 16.7 Å². The van der Waals surface area contributed by atoms with Gasteiger partial charge in [0.2, 0.25) is 0 Å². The Labute approximate surface area is 189 Å². The second-order valence-corrected chi connectivity index (χ2v) is 9.95. The molecule has 0 aromatic carbocycles. The van der Waals surface area contributed by atoms with Gasteiger partial charge in [-0.2, -0.15) is 0 Å². The number of amides is 1. The Morgan fingerprint density at radius 1 is 0.969 bits per heavy atom. The van der Waals surface area contributed by atoms with Crippen molar-refractivity contribution in [1.82, 2.24) is 9.80 Å². The van der Waals surface area contributed by atoms with E-state index in [2.05, 4.69) is 9.80 Å². The summed E-state index contributed by atoms with van der Waals surface area (Å²) in [7, 11) is 3.15. The van der Waals surface area contributed by atoms with Gasteiger partial charge < -0.3 is 19.9 Å². The van der Waals surface area contributed by atoms with Crippen LogP contribution in [0.1, 0.15) is 45.4 Å². The number of methoxy groups -OCH3 is 2. The summed E-state index contributed by atoms with van der Waals surface area (Å²) < 4.78 is 17.2. The SMILES string of the molecule is CCC(CC1(COC)C(=O)C2CCN1CC2)(OC(N)=O)C1(COC)C(=O)C2CCN1CC2. The third kappa shape index (κ3) is 3.23. The Morgan fingerprint density at radius 3 is 1.94 bits per heavy atom. The highest BCUT2D eigenvalue weighted by Gasteiger charge is 2.69. The summed E-state index contributed by atoms with van der Waals surface area (Å²) in [5.41, 5.74) is 2.19. The fraction of sp³-hybridized carbons (Fsp3) is 0.870. The molecule has 0 spiro atoms. The molecule has 6 saturated heterocycles. The van der Waals surface area contributed by atoms with Gasteiger partial charge in [-0.05, 0) is 45.2 Å². The molecule has 180 valence electrons. The first-order valence-electron chi connectivity index (χ1n) is 11.9. The summed E-state index contributed by atoms with van der Waals surface area (Å²) in [5, 5.41) is 0. The third-order valence-electron chi connectivity index (χ3n) is 8.68. The molecule has 3 atom stereocenters. The summed E-state index contributed by atoms with van der Waals surface area (Å²) in [6.07, 6.45) is 2.81. The lowest BCUT2D eigenvalue weighted by Crippen LogP contribution is -2.80. The number of primary amides is 1. The minimum atomic E-state index is -1.31. The van der Waals surface area contributed by atoms with Gasteiger partial charge in [0.05, 0.1) is 13.2 Å². The van der Waals surface area contributed by atoms with Gasteiger partial charge >= 0.3 is 6.09 Å². The number of piperidine rings is 6. The number of carbonyl (C=O) groups excluding carboxylic acids is 3. The molecule has 9 heteroatoms. The van der Waals surface area contributed by atoms with Crippen molar-refractivity contribution in [2.45, 2.75) is 62.1 Å². The minimum absolute atomic E-state index is 0.0320. The van der Waals surface area contributed by atoms with E-state index in [1.807, 2.05) is 6.92 Å². The smallest absolute Gasteiger partial charge is 0.405 e. The van der Waals surface area contributed by atoms with Crippen LogP contribution < -0.4 is 5.73 Å². The first kappa shape index (κ1) is 23.6. The molecule has 0 aliphatic carbocycles. The molecular weight excluding hydrogens is 414 g/mol. The minimum Gasteiger partial charge on any atom is -0.440 e. The quantitative estimate of drug-likeness (QED) is 0.552. The standard InChI is InChI=1S/C23H37N3O6/c1-4-22(32-20(24)29,23(15-31-3)19(28)17-7-11-26(23)12-8-17)13-21(14-30-2)18(27)16-5-9-25(21)10-6-16/h16-17H,4-15H2,1-3H3,(H2,24,29). The van der Waals surface area contributed by atoms with Gasteiger partial charge in [-0.15, -0.1) is 0 Å². The van der Waals surface area contributed by atoms with Gasteiger partial charge in [0.15, 0.2) is 11.6 Å². The van der Waals surface area contributed by atoms with Gasteiger partial charge in [-0.3, -0.25) is 19.4 Å². The van der Waals surface area contributed by atoms with E-state index in [9.17, 15) is 14.4 Å². The fourth-order valence-electron chi connectivity index (χ4n) is 7.21. The monoisotopic (exact) mass is 451 g/mol. The number of fused-ring (bicyclic) bond motifs is 6. The molecule has 0 aromatic heterocycles. The van der Waals surface area contributed by atoms with Gasteiger partial charge in [0.25, 0.3) is 0 Å². The van der Waals surface area contributed by atoms with Crippen molar-refractivity contribution in [2.24, 2.45) is 17.6 Å². The van der Waals surface area contributed by atoms with Crippen molar-refractivity contribution in [3.05, 3.63) is 0 Å². The van der Waals surface area contributed by atoms with Crippen molar-refractivity contribution in [3.8, 4) is 0 Å². The van der Waals surface area contributed by atoms with Crippen LogP contribution >= 0.6 is 0 Å². The first-order valence-corrected chi connectivity index (χ1v) is 11.9. The van der Waals surface area contributed by atoms with Crippen LogP contribution in [0.25, 0.3) is 0 Å². The van der Waals surface area contributed by atoms with E-state index >= 15 is 0 Å². The van der Waals surface area contributed by atoms with Gasteiger partial charge in [-0.25, -0.2) is 4.79 Å². The van der Waals surface area contributed by atoms with E-state index in [0.29, 0.717) is 6.42 Å².